The molecule has 11 nitrogen and oxygen atoms in total. The normalized spacial score (nSPS) is 13.3. The lowest BCUT2D eigenvalue weighted by molar-refractivity contribution is -0.123. The number of nitrogens with two attached hydrogens (primary N) is 1. The first-order chi connectivity index (χ1) is 24.9. The fraction of sp³-hybridized carbons (Fsp3) is 0.946. The summed E-state index contributed by atoms with van der Waals surface area (Å²) in [6.45, 7) is 5.38. The molecule has 0 fully saturated rings. The molecule has 0 heterocycles. The zero-order valence-corrected chi connectivity index (χ0v) is 34.1. The summed E-state index contributed by atoms with van der Waals surface area (Å²) >= 11 is 1.49. The van der Waals surface area contributed by atoms with E-state index in [-0.39, 0.29) is 44.2 Å². The van der Waals surface area contributed by atoms with Gasteiger partial charge in [-0.1, -0.05) is 123 Å². The van der Waals surface area contributed by atoms with E-state index >= 15 is 0 Å². The van der Waals surface area contributed by atoms with Crippen LogP contribution in [0, 0.1) is 0 Å². The second kappa shape index (κ2) is 34.6. The van der Waals surface area contributed by atoms with Gasteiger partial charge in [0, 0.05) is 37.5 Å². The van der Waals surface area contributed by atoms with Gasteiger partial charge in [-0.3, -0.25) is 14.2 Å². The molecule has 2 atom stereocenters. The molecule has 0 aliphatic rings. The summed E-state index contributed by atoms with van der Waals surface area (Å²) in [4.78, 5) is 42.4. The van der Waals surface area contributed by atoms with Crippen LogP contribution >= 0.6 is 19.4 Å². The minimum absolute atomic E-state index is 0.0302. The number of halogens is 2. The highest BCUT2D eigenvalue weighted by molar-refractivity contribution is 7.99. The predicted octanol–water partition coefficient (Wildman–Crippen LogP) is 7.70. The van der Waals surface area contributed by atoms with Crippen molar-refractivity contribution in [1.82, 2.24) is 10.6 Å². The summed E-state index contributed by atoms with van der Waals surface area (Å²) in [5.41, 5.74) is 1.97. The summed E-state index contributed by atoms with van der Waals surface area (Å²) in [7, 11) is -5.52. The number of thioether (sulfide) groups is 1. The van der Waals surface area contributed by atoms with Gasteiger partial charge >= 0.3 is 13.3 Å². The van der Waals surface area contributed by atoms with Crippen LogP contribution in [0.3, 0.4) is 0 Å². The van der Waals surface area contributed by atoms with Crippen molar-refractivity contribution < 1.29 is 46.9 Å². The van der Waals surface area contributed by atoms with E-state index < -0.39 is 32.3 Å². The van der Waals surface area contributed by atoms with Crippen molar-refractivity contribution in [3.05, 3.63) is 0 Å². The molecule has 0 saturated carbocycles. The Morgan fingerprint density at radius 2 is 1.21 bits per heavy atom. The Bertz CT molecular complexity index is 907. The first kappa shape index (κ1) is 51.1. The van der Waals surface area contributed by atoms with Crippen LogP contribution in [0.25, 0.3) is 0 Å². The van der Waals surface area contributed by atoms with Crippen molar-refractivity contribution in [3.63, 3.8) is 0 Å². The van der Waals surface area contributed by atoms with Gasteiger partial charge in [-0.2, -0.15) is 20.5 Å². The Morgan fingerprint density at radius 1 is 0.712 bits per heavy atom. The van der Waals surface area contributed by atoms with Gasteiger partial charge in [0.1, 0.15) is 0 Å². The minimum Gasteiger partial charge on any atom is -0.379 e. The van der Waals surface area contributed by atoms with Crippen LogP contribution in [0.2, 0.25) is 0 Å². The highest BCUT2D eigenvalue weighted by Crippen LogP contribution is 2.54. The molecule has 0 saturated heterocycles. The number of nitrogens with one attached hydrogen (secondary N) is 2. The topological polar surface area (TPSA) is 169 Å². The lowest BCUT2D eigenvalue weighted by Crippen LogP contribution is -2.44. The van der Waals surface area contributed by atoms with Crippen molar-refractivity contribution in [3.8, 4) is 0 Å². The Morgan fingerprint density at radius 3 is 1.75 bits per heavy atom. The van der Waals surface area contributed by atoms with Crippen LogP contribution in [-0.4, -0.2) is 97.0 Å². The third-order valence-electron chi connectivity index (χ3n) is 8.68. The first-order valence-corrected chi connectivity index (χ1v) is 22.8. The number of carbonyl (C=O) groups excluding carboxylic acids is 2. The maximum atomic E-state index is 13.2. The third kappa shape index (κ3) is 31.5. The standard InChI is InChI=1S/C37H74F2N3O8PS/c1-3-5-7-9-11-13-15-17-19-21-25-50-30-33(42-35(43)22-20-18-16-14-12-10-8-6-4-2)31-52-32-34(40)36(44)41-24-27-49-29-28-48-26-23-37(38,39)51(45,46)47/h33-34H,3-32,40H2,1-2H3,(H,41,44)(H,42,43)(H2,45,46,47)/t33-,34+/m1/s1. The van der Waals surface area contributed by atoms with Gasteiger partial charge in [0.05, 0.1) is 45.1 Å². The summed E-state index contributed by atoms with van der Waals surface area (Å²) in [6, 6.07) is -0.928. The quantitative estimate of drug-likeness (QED) is 0.0307. The third-order valence-corrected chi connectivity index (χ3v) is 11.0. The Hall–Kier alpha value is -0.860. The predicted molar refractivity (Wildman–Crippen MR) is 208 cm³/mol. The van der Waals surface area contributed by atoms with Gasteiger partial charge in [0.15, 0.2) is 0 Å². The molecule has 52 heavy (non-hydrogen) atoms. The second-order valence-electron chi connectivity index (χ2n) is 13.7. The molecule has 15 heteroatoms. The van der Waals surface area contributed by atoms with Gasteiger partial charge in [-0.15, -0.1) is 0 Å². The molecule has 0 unspecified atom stereocenters. The Labute approximate surface area is 317 Å². The fourth-order valence-corrected chi connectivity index (χ4v) is 6.79. The van der Waals surface area contributed by atoms with Crippen molar-refractivity contribution in [2.75, 3.05) is 57.7 Å². The van der Waals surface area contributed by atoms with Gasteiger partial charge in [-0.05, 0) is 12.8 Å². The molecule has 0 aromatic rings. The largest absolute Gasteiger partial charge is 0.394 e. The molecule has 0 aliphatic heterocycles. The van der Waals surface area contributed by atoms with Crippen LogP contribution in [0.15, 0.2) is 0 Å². The highest BCUT2D eigenvalue weighted by atomic mass is 32.2. The monoisotopic (exact) mass is 789 g/mol. The molecule has 310 valence electrons. The van der Waals surface area contributed by atoms with Crippen LogP contribution < -0.4 is 16.4 Å². The molecule has 0 radical (unpaired) electrons. The number of rotatable bonds is 39. The maximum absolute atomic E-state index is 13.2. The lowest BCUT2D eigenvalue weighted by atomic mass is 10.1. The average Bonchev–Trinajstić information content (AvgIpc) is 3.09. The summed E-state index contributed by atoms with van der Waals surface area (Å²) in [6.07, 6.45) is 22.7. The molecule has 0 aromatic carbocycles. The second-order valence-corrected chi connectivity index (χ2v) is 16.5. The molecule has 0 aromatic heterocycles. The van der Waals surface area contributed by atoms with E-state index in [1.807, 2.05) is 0 Å². The highest BCUT2D eigenvalue weighted by Gasteiger charge is 2.48. The van der Waals surface area contributed by atoms with Crippen LogP contribution in [0.4, 0.5) is 8.78 Å². The smallest absolute Gasteiger partial charge is 0.379 e. The van der Waals surface area contributed by atoms with E-state index in [4.69, 9.17) is 29.7 Å². The average molecular weight is 790 g/mol. The zero-order chi connectivity index (χ0) is 38.8. The minimum atomic E-state index is -5.52. The van der Waals surface area contributed by atoms with E-state index in [9.17, 15) is 22.9 Å². The number of hydrogen-bond donors (Lipinski definition) is 5. The van der Waals surface area contributed by atoms with Crippen LogP contribution in [-0.2, 0) is 28.4 Å². The van der Waals surface area contributed by atoms with Gasteiger partial charge in [0.2, 0.25) is 11.8 Å². The molecule has 6 N–H and O–H groups in total. The maximum Gasteiger partial charge on any atom is 0.394 e. The van der Waals surface area contributed by atoms with Crippen LogP contribution in [0.1, 0.15) is 149 Å². The molecular weight excluding hydrogens is 715 g/mol. The number of alkyl halides is 2. The van der Waals surface area contributed by atoms with Crippen LogP contribution in [0.5, 0.6) is 0 Å². The van der Waals surface area contributed by atoms with E-state index in [1.165, 1.54) is 102 Å². The Balaban J connectivity index is 4.35. The van der Waals surface area contributed by atoms with Crippen molar-refractivity contribution in [2.45, 2.75) is 166 Å². The summed E-state index contributed by atoms with van der Waals surface area (Å²) < 4.78 is 53.4. The number of carbonyl (C=O) groups is 2. The lowest BCUT2D eigenvalue weighted by Gasteiger charge is -2.20. The fourth-order valence-electron chi connectivity index (χ4n) is 5.40. The number of unbranched alkanes of at least 4 members (excludes halogenated alkanes) is 17. The molecule has 0 spiro atoms. The Kier molecular flexibility index (Phi) is 34.0. The number of ether oxygens (including phenoxy) is 3. The molecular formula is C37H74F2N3O8PS. The molecule has 2 amide bonds. The SMILES string of the molecule is CCCCCCCCCCCCOC[C@H](CSC[C@H](N)C(=O)NCCOCCOCCC(F)(F)P(=O)(O)O)NC(=O)CCCCCCCCCCC. The summed E-state index contributed by atoms with van der Waals surface area (Å²) in [5, 5.41) is 5.84. The van der Waals surface area contributed by atoms with E-state index in [2.05, 4.69) is 24.5 Å². The van der Waals surface area contributed by atoms with Crippen molar-refractivity contribution in [1.29, 1.82) is 0 Å². The van der Waals surface area contributed by atoms with Crippen molar-refractivity contribution in [2.24, 2.45) is 5.73 Å². The van der Waals surface area contributed by atoms with Gasteiger partial charge in [0.25, 0.3) is 0 Å². The molecule has 0 aliphatic carbocycles. The van der Waals surface area contributed by atoms with E-state index in [0.29, 0.717) is 31.1 Å². The zero-order valence-electron chi connectivity index (χ0n) is 32.4. The van der Waals surface area contributed by atoms with Gasteiger partial charge < -0.3 is 40.4 Å². The van der Waals surface area contributed by atoms with E-state index in [0.717, 1.165) is 32.1 Å². The van der Waals surface area contributed by atoms with Gasteiger partial charge in [-0.25, -0.2) is 0 Å². The number of amides is 2. The van der Waals surface area contributed by atoms with Crippen molar-refractivity contribution >= 4 is 31.2 Å². The number of hydrogen-bond acceptors (Lipinski definition) is 8. The molecule has 0 rings (SSSR count). The first-order valence-electron chi connectivity index (χ1n) is 20.0. The molecule has 0 bridgehead atoms. The van der Waals surface area contributed by atoms with E-state index in [1.54, 1.807) is 0 Å². The summed E-state index contributed by atoms with van der Waals surface area (Å²) in [5.74, 6) is 0.631.